The molecule has 248 valence electrons. The third-order valence-corrected chi connectivity index (χ3v) is 14.2. The molecule has 4 fully saturated rings. The zero-order valence-corrected chi connectivity index (χ0v) is 30.7. The molecule has 4 unspecified atom stereocenters. The van der Waals surface area contributed by atoms with E-state index in [9.17, 15) is 24.0 Å². The van der Waals surface area contributed by atoms with Gasteiger partial charge in [-0.05, 0) is 73.4 Å². The molecule has 0 radical (unpaired) electrons. The van der Waals surface area contributed by atoms with Crippen LogP contribution in [-0.2, 0) is 33.4 Å². The molecule has 6 heterocycles. The van der Waals surface area contributed by atoms with Crippen LogP contribution in [0, 0.1) is 10.8 Å². The Hall–Kier alpha value is -1.95. The molecule has 1 N–H and O–H groups in total. The highest BCUT2D eigenvalue weighted by molar-refractivity contribution is 14.1. The zero-order valence-electron chi connectivity index (χ0n) is 26.4. The van der Waals surface area contributed by atoms with Crippen LogP contribution in [0.4, 0.5) is 4.79 Å². The van der Waals surface area contributed by atoms with E-state index < -0.39 is 17.0 Å². The normalized spacial score (nSPS) is 30.7. The summed E-state index contributed by atoms with van der Waals surface area (Å²) in [6.45, 7) is 12.8. The van der Waals surface area contributed by atoms with Crippen molar-refractivity contribution in [3.63, 3.8) is 0 Å². The van der Waals surface area contributed by atoms with Gasteiger partial charge in [-0.2, -0.15) is 0 Å². The molecule has 0 aliphatic carbocycles. The van der Waals surface area contributed by atoms with Crippen molar-refractivity contribution in [1.82, 2.24) is 20.0 Å². The Morgan fingerprint density at radius 2 is 1.24 bits per heavy atom. The third-order valence-electron chi connectivity index (χ3n) is 9.72. The van der Waals surface area contributed by atoms with E-state index in [0.29, 0.717) is 31.6 Å². The van der Waals surface area contributed by atoms with Crippen molar-refractivity contribution in [2.75, 3.05) is 39.4 Å². The Balaban J connectivity index is 0.000000186. The number of likely N-dealkylation sites (tertiary alicyclic amines) is 3. The van der Waals surface area contributed by atoms with Gasteiger partial charge in [0.25, 0.3) is 0 Å². The maximum atomic E-state index is 13.3. The van der Waals surface area contributed by atoms with Gasteiger partial charge in [0.05, 0.1) is 22.2 Å². The quantitative estimate of drug-likeness (QED) is 0.192. The summed E-state index contributed by atoms with van der Waals surface area (Å²) in [5.74, 6) is -0.528. The predicted molar refractivity (Wildman–Crippen MR) is 180 cm³/mol. The van der Waals surface area contributed by atoms with Crippen molar-refractivity contribution < 1.29 is 38.2 Å². The summed E-state index contributed by atoms with van der Waals surface area (Å²) in [4.78, 5) is 66.3. The molecule has 0 saturated carbocycles. The Kier molecular flexibility index (Phi) is 9.87. The number of piperidine rings is 2. The van der Waals surface area contributed by atoms with Crippen LogP contribution in [0.25, 0.3) is 0 Å². The lowest BCUT2D eigenvalue weighted by Crippen LogP contribution is -2.50. The number of esters is 2. The van der Waals surface area contributed by atoms with E-state index in [2.05, 4.69) is 57.4 Å². The van der Waals surface area contributed by atoms with Gasteiger partial charge < -0.3 is 34.2 Å². The van der Waals surface area contributed by atoms with E-state index in [1.807, 2.05) is 27.7 Å². The summed E-state index contributed by atoms with van der Waals surface area (Å²) in [5, 5.41) is 3.32. The number of halogens is 2. The number of hydrogen-bond acceptors (Lipinski definition) is 9. The lowest BCUT2D eigenvalue weighted by atomic mass is 9.76. The molecule has 4 atom stereocenters. The molecule has 12 nitrogen and oxygen atoms in total. The van der Waals surface area contributed by atoms with Crippen LogP contribution in [0.1, 0.15) is 60.3 Å². The lowest BCUT2D eigenvalue weighted by molar-refractivity contribution is -0.138. The summed E-state index contributed by atoms with van der Waals surface area (Å²) in [7, 11) is 0. The van der Waals surface area contributed by atoms with Crippen LogP contribution in [-0.4, -0.2) is 109 Å². The van der Waals surface area contributed by atoms with Crippen LogP contribution in [0.3, 0.4) is 0 Å². The van der Waals surface area contributed by atoms with Gasteiger partial charge in [0.1, 0.15) is 18.8 Å². The summed E-state index contributed by atoms with van der Waals surface area (Å²) in [6, 6.07) is 0.101. The first-order valence-electron chi connectivity index (χ1n) is 15.5. The second-order valence-electron chi connectivity index (χ2n) is 13.7. The molecule has 45 heavy (non-hydrogen) atoms. The number of nitrogens with one attached hydrogen (secondary N) is 1. The summed E-state index contributed by atoms with van der Waals surface area (Å²) >= 11 is 4.76. The van der Waals surface area contributed by atoms with E-state index in [1.165, 1.54) is 12.2 Å². The SMILES string of the molecule is CC1C(I)C2(CCN(C(=O)OC(C)(C)C)CC2)C(=O)N1C1=CC(=O)OC1.CC1C(I)C2(CCNCC2)C(=O)N1C1=CC(=O)OC1. The Morgan fingerprint density at radius 3 is 1.62 bits per heavy atom. The molecule has 0 aromatic rings. The summed E-state index contributed by atoms with van der Waals surface area (Å²) in [5.41, 5.74) is 0.0524. The summed E-state index contributed by atoms with van der Waals surface area (Å²) in [6.07, 6.45) is 5.49. The van der Waals surface area contributed by atoms with E-state index in [1.54, 1.807) is 14.7 Å². The van der Waals surface area contributed by atoms with Gasteiger partial charge in [0, 0.05) is 45.2 Å². The first-order chi connectivity index (χ1) is 21.1. The highest BCUT2D eigenvalue weighted by Crippen LogP contribution is 2.51. The molecule has 0 aromatic heterocycles. The van der Waals surface area contributed by atoms with Crippen molar-refractivity contribution in [1.29, 1.82) is 0 Å². The monoisotopic (exact) mass is 852 g/mol. The fourth-order valence-corrected chi connectivity index (χ4v) is 9.75. The van der Waals surface area contributed by atoms with Gasteiger partial charge in [-0.1, -0.05) is 45.2 Å². The molecular weight excluding hydrogens is 810 g/mol. The van der Waals surface area contributed by atoms with Crippen LogP contribution < -0.4 is 5.32 Å². The average molecular weight is 853 g/mol. The molecule has 0 aromatic carbocycles. The van der Waals surface area contributed by atoms with E-state index in [-0.39, 0.29) is 62.4 Å². The zero-order chi connectivity index (χ0) is 32.9. The maximum Gasteiger partial charge on any atom is 0.410 e. The number of carbonyl (C=O) groups is 5. The van der Waals surface area contributed by atoms with Gasteiger partial charge >= 0.3 is 18.0 Å². The number of carbonyl (C=O) groups excluding carboxylic acids is 5. The number of nitrogens with zero attached hydrogens (tertiary/aromatic N) is 3. The van der Waals surface area contributed by atoms with Crippen molar-refractivity contribution in [3.8, 4) is 0 Å². The van der Waals surface area contributed by atoms with Crippen LogP contribution in [0.15, 0.2) is 23.5 Å². The highest BCUT2D eigenvalue weighted by Gasteiger charge is 2.59. The molecule has 6 rings (SSSR count). The molecule has 3 amide bonds. The van der Waals surface area contributed by atoms with Crippen molar-refractivity contribution in [3.05, 3.63) is 23.5 Å². The smallest absolute Gasteiger partial charge is 0.410 e. The maximum absolute atomic E-state index is 13.3. The average Bonchev–Trinajstić information content (AvgIpc) is 3.70. The number of amides is 3. The molecule has 4 saturated heterocycles. The van der Waals surface area contributed by atoms with Gasteiger partial charge in [0.2, 0.25) is 11.8 Å². The van der Waals surface area contributed by atoms with Gasteiger partial charge in [-0.25, -0.2) is 14.4 Å². The number of ether oxygens (including phenoxy) is 3. The molecular formula is C31H42I2N4O8. The predicted octanol–water partition coefficient (Wildman–Crippen LogP) is 3.31. The van der Waals surface area contributed by atoms with E-state index in [0.717, 1.165) is 31.6 Å². The number of hydrogen-bond donors (Lipinski definition) is 1. The number of cyclic esters (lactones) is 2. The van der Waals surface area contributed by atoms with Gasteiger partial charge in [0.15, 0.2) is 0 Å². The Bertz CT molecular complexity index is 1310. The minimum atomic E-state index is -0.534. The topological polar surface area (TPSA) is 135 Å². The Labute approximate surface area is 291 Å². The van der Waals surface area contributed by atoms with Gasteiger partial charge in [-0.3, -0.25) is 9.59 Å². The third kappa shape index (κ3) is 6.35. The number of rotatable bonds is 2. The lowest BCUT2D eigenvalue weighted by Gasteiger charge is -2.40. The highest BCUT2D eigenvalue weighted by atomic mass is 127. The largest absolute Gasteiger partial charge is 0.456 e. The second-order valence-corrected chi connectivity index (χ2v) is 16.3. The fraction of sp³-hybridized carbons (Fsp3) is 0.710. The van der Waals surface area contributed by atoms with Crippen molar-refractivity contribution in [2.45, 2.75) is 85.8 Å². The first-order valence-corrected chi connectivity index (χ1v) is 18.0. The van der Waals surface area contributed by atoms with Gasteiger partial charge in [-0.15, -0.1) is 0 Å². The molecule has 0 bridgehead atoms. The van der Waals surface area contributed by atoms with Crippen LogP contribution in [0.5, 0.6) is 0 Å². The molecule has 6 aliphatic heterocycles. The standard InChI is InChI=1S/C18H25IN2O5.C13H17IN2O3/c1-11-14(19)18(15(23)21(11)12-9-13(22)25-10-12)5-7-20(8-6-18)16(24)26-17(2,3)4;1-8-11(14)13(2-4-15-5-3-13)12(18)16(8)9-6-10(17)19-7-9/h9,11,14H,5-8,10H2,1-4H3;6,8,11,15H,2-5,7H2,1H3. The first kappa shape index (κ1) is 34.4. The fourth-order valence-electron chi connectivity index (χ4n) is 7.33. The van der Waals surface area contributed by atoms with Crippen molar-refractivity contribution in [2.24, 2.45) is 10.8 Å². The molecule has 2 spiro atoms. The Morgan fingerprint density at radius 1 is 0.822 bits per heavy atom. The minimum Gasteiger partial charge on any atom is -0.456 e. The minimum absolute atomic E-state index is 0.0167. The van der Waals surface area contributed by atoms with Crippen molar-refractivity contribution >= 4 is 75.0 Å². The van der Waals surface area contributed by atoms with Crippen LogP contribution in [0.2, 0.25) is 0 Å². The number of alkyl halides is 2. The molecule has 14 heteroatoms. The second kappa shape index (κ2) is 12.9. The molecule has 6 aliphatic rings. The van der Waals surface area contributed by atoms with E-state index >= 15 is 0 Å². The summed E-state index contributed by atoms with van der Waals surface area (Å²) < 4.78 is 15.7. The van der Waals surface area contributed by atoms with Crippen LogP contribution >= 0.6 is 45.2 Å². The van der Waals surface area contributed by atoms with E-state index in [4.69, 9.17) is 14.2 Å².